The van der Waals surface area contributed by atoms with Gasteiger partial charge in [0.15, 0.2) is 0 Å². The first kappa shape index (κ1) is 14.8. The van der Waals surface area contributed by atoms with Crippen molar-refractivity contribution in [3.05, 3.63) is 37.7 Å². The largest absolute Gasteiger partial charge is 0.323 e. The van der Waals surface area contributed by atoms with Crippen LogP contribution in [0.2, 0.25) is 0 Å². The van der Waals surface area contributed by atoms with E-state index in [1.54, 1.807) is 11.3 Å². The Labute approximate surface area is 126 Å². The third-order valence-corrected chi connectivity index (χ3v) is 5.51. The molecule has 0 saturated carbocycles. The van der Waals surface area contributed by atoms with Crippen molar-refractivity contribution in [1.82, 2.24) is 9.78 Å². The Kier molecular flexibility index (Phi) is 4.81. The fourth-order valence-corrected chi connectivity index (χ4v) is 3.69. The van der Waals surface area contributed by atoms with Crippen LogP contribution in [0.25, 0.3) is 0 Å². The molecule has 0 aromatic carbocycles. The number of halogens is 1. The van der Waals surface area contributed by atoms with Crippen LogP contribution in [0, 0.1) is 6.92 Å². The summed E-state index contributed by atoms with van der Waals surface area (Å²) < 4.78 is 3.24. The molecular formula is C14H20BrN3S. The minimum atomic E-state index is 0.0432. The molecule has 5 heteroatoms. The highest BCUT2D eigenvalue weighted by Crippen LogP contribution is 2.31. The molecule has 2 aromatic rings. The number of thiophene rings is 1. The number of hydrogen-bond donors (Lipinski definition) is 1. The van der Waals surface area contributed by atoms with E-state index in [0.29, 0.717) is 0 Å². The van der Waals surface area contributed by atoms with Crippen molar-refractivity contribution in [3.8, 4) is 0 Å². The number of aryl methyl sites for hydroxylation is 3. The van der Waals surface area contributed by atoms with Crippen LogP contribution in [0.3, 0.4) is 0 Å². The smallest absolute Gasteiger partial charge is 0.0731 e. The molecular weight excluding hydrogens is 322 g/mol. The van der Waals surface area contributed by atoms with E-state index in [1.807, 2.05) is 0 Å². The summed E-state index contributed by atoms with van der Waals surface area (Å²) in [6.45, 7) is 7.25. The first-order chi connectivity index (χ1) is 9.05. The third kappa shape index (κ3) is 3.27. The molecule has 2 rings (SSSR count). The van der Waals surface area contributed by atoms with E-state index in [0.717, 1.165) is 25.1 Å². The van der Waals surface area contributed by atoms with Gasteiger partial charge < -0.3 is 5.73 Å². The van der Waals surface area contributed by atoms with Crippen LogP contribution in [0.1, 0.15) is 41.7 Å². The molecule has 19 heavy (non-hydrogen) atoms. The van der Waals surface area contributed by atoms with Crippen LogP contribution >= 0.6 is 27.3 Å². The van der Waals surface area contributed by atoms with Crippen LogP contribution in [-0.4, -0.2) is 9.78 Å². The normalized spacial score (nSPS) is 12.9. The lowest BCUT2D eigenvalue weighted by Gasteiger charge is -2.10. The van der Waals surface area contributed by atoms with E-state index in [-0.39, 0.29) is 6.04 Å². The molecule has 0 fully saturated rings. The SMILES string of the molecule is CCc1cc(CC(N)c2cc(C)c(Br)s2)n(CC)n1. The molecule has 2 N–H and O–H groups in total. The second-order valence-electron chi connectivity index (χ2n) is 4.71. The van der Waals surface area contributed by atoms with Gasteiger partial charge in [0.05, 0.1) is 9.48 Å². The van der Waals surface area contributed by atoms with Crippen molar-refractivity contribution in [2.45, 2.75) is 46.2 Å². The number of nitrogens with two attached hydrogens (primary N) is 1. The summed E-state index contributed by atoms with van der Waals surface area (Å²) >= 11 is 5.29. The van der Waals surface area contributed by atoms with Crippen molar-refractivity contribution < 1.29 is 0 Å². The van der Waals surface area contributed by atoms with Gasteiger partial charge in [0.1, 0.15) is 0 Å². The molecule has 0 spiro atoms. The molecule has 0 aliphatic carbocycles. The van der Waals surface area contributed by atoms with Crippen molar-refractivity contribution in [3.63, 3.8) is 0 Å². The molecule has 0 bridgehead atoms. The highest BCUT2D eigenvalue weighted by molar-refractivity contribution is 9.11. The van der Waals surface area contributed by atoms with Crippen LogP contribution in [0.5, 0.6) is 0 Å². The molecule has 0 amide bonds. The summed E-state index contributed by atoms with van der Waals surface area (Å²) in [6.07, 6.45) is 1.81. The standard InChI is InChI=1S/C14H20BrN3S/c1-4-10-7-11(18(5-2)17-10)8-12(16)13-6-9(3)14(15)19-13/h6-7,12H,4-5,8,16H2,1-3H3. The van der Waals surface area contributed by atoms with Crippen LogP contribution < -0.4 is 5.73 Å². The second-order valence-corrected chi connectivity index (χ2v) is 7.11. The minimum absolute atomic E-state index is 0.0432. The topological polar surface area (TPSA) is 43.8 Å². The molecule has 0 aliphatic heterocycles. The average molecular weight is 342 g/mol. The summed E-state index contributed by atoms with van der Waals surface area (Å²) in [5.74, 6) is 0. The lowest BCUT2D eigenvalue weighted by atomic mass is 10.1. The zero-order valence-corrected chi connectivity index (χ0v) is 14.0. The maximum atomic E-state index is 6.33. The van der Waals surface area contributed by atoms with E-state index >= 15 is 0 Å². The second kappa shape index (κ2) is 6.20. The summed E-state index contributed by atoms with van der Waals surface area (Å²) in [4.78, 5) is 1.23. The van der Waals surface area contributed by atoms with Gasteiger partial charge in [-0.05, 0) is 53.9 Å². The van der Waals surface area contributed by atoms with Gasteiger partial charge >= 0.3 is 0 Å². The van der Waals surface area contributed by atoms with Gasteiger partial charge in [0.25, 0.3) is 0 Å². The van der Waals surface area contributed by atoms with Crippen LogP contribution in [0.15, 0.2) is 15.9 Å². The zero-order chi connectivity index (χ0) is 14.0. The van der Waals surface area contributed by atoms with E-state index in [1.165, 1.54) is 19.9 Å². The number of nitrogens with zero attached hydrogens (tertiary/aromatic N) is 2. The molecule has 0 radical (unpaired) electrons. The maximum absolute atomic E-state index is 6.33. The van der Waals surface area contributed by atoms with Crippen molar-refractivity contribution in [2.24, 2.45) is 5.73 Å². The molecule has 2 heterocycles. The van der Waals surface area contributed by atoms with Gasteiger partial charge in [-0.1, -0.05) is 6.92 Å². The summed E-state index contributed by atoms with van der Waals surface area (Å²) in [5, 5.41) is 4.57. The highest BCUT2D eigenvalue weighted by Gasteiger charge is 2.15. The third-order valence-electron chi connectivity index (χ3n) is 3.25. The molecule has 104 valence electrons. The van der Waals surface area contributed by atoms with Crippen molar-refractivity contribution in [1.29, 1.82) is 0 Å². The van der Waals surface area contributed by atoms with Gasteiger partial charge in [0.2, 0.25) is 0 Å². The quantitative estimate of drug-likeness (QED) is 0.897. The predicted octanol–water partition coefficient (Wildman–Crippen LogP) is 3.84. The van der Waals surface area contributed by atoms with E-state index in [4.69, 9.17) is 5.73 Å². The fourth-order valence-electron chi connectivity index (χ4n) is 2.12. The summed E-state index contributed by atoms with van der Waals surface area (Å²) in [6, 6.07) is 4.40. The molecule has 1 unspecified atom stereocenters. The highest BCUT2D eigenvalue weighted by atomic mass is 79.9. The zero-order valence-electron chi connectivity index (χ0n) is 11.6. The van der Waals surface area contributed by atoms with Gasteiger partial charge in [-0.2, -0.15) is 5.10 Å². The van der Waals surface area contributed by atoms with E-state index < -0.39 is 0 Å². The Bertz CT molecular complexity index is 540. The first-order valence-corrected chi connectivity index (χ1v) is 8.23. The molecule has 3 nitrogen and oxygen atoms in total. The molecule has 0 saturated heterocycles. The number of aromatic nitrogens is 2. The van der Waals surface area contributed by atoms with Crippen LogP contribution in [-0.2, 0) is 19.4 Å². The van der Waals surface area contributed by atoms with Crippen molar-refractivity contribution >= 4 is 27.3 Å². The Balaban J connectivity index is 2.18. The Morgan fingerprint density at radius 1 is 1.42 bits per heavy atom. The number of rotatable bonds is 5. The Hall–Kier alpha value is -0.650. The monoisotopic (exact) mass is 341 g/mol. The molecule has 1 atom stereocenters. The average Bonchev–Trinajstić information content (AvgIpc) is 2.93. The van der Waals surface area contributed by atoms with Gasteiger partial charge in [0, 0.05) is 29.6 Å². The lowest BCUT2D eigenvalue weighted by Crippen LogP contribution is -2.15. The number of hydrogen-bond acceptors (Lipinski definition) is 3. The molecule has 2 aromatic heterocycles. The fraction of sp³-hybridized carbons (Fsp3) is 0.500. The van der Waals surface area contributed by atoms with E-state index in [9.17, 15) is 0 Å². The summed E-state index contributed by atoms with van der Waals surface area (Å²) in [5.41, 5.74) is 9.97. The van der Waals surface area contributed by atoms with Crippen molar-refractivity contribution in [2.75, 3.05) is 0 Å². The lowest BCUT2D eigenvalue weighted by molar-refractivity contribution is 0.588. The Morgan fingerprint density at radius 3 is 2.68 bits per heavy atom. The van der Waals surface area contributed by atoms with Crippen LogP contribution in [0.4, 0.5) is 0 Å². The predicted molar refractivity (Wildman–Crippen MR) is 84.7 cm³/mol. The van der Waals surface area contributed by atoms with E-state index in [2.05, 4.69) is 58.6 Å². The van der Waals surface area contributed by atoms with Gasteiger partial charge in [-0.3, -0.25) is 4.68 Å². The Morgan fingerprint density at radius 2 is 2.16 bits per heavy atom. The minimum Gasteiger partial charge on any atom is -0.323 e. The summed E-state index contributed by atoms with van der Waals surface area (Å²) in [7, 11) is 0. The maximum Gasteiger partial charge on any atom is 0.0731 e. The first-order valence-electron chi connectivity index (χ1n) is 6.62. The van der Waals surface area contributed by atoms with Gasteiger partial charge in [-0.25, -0.2) is 0 Å². The van der Waals surface area contributed by atoms with Gasteiger partial charge in [-0.15, -0.1) is 11.3 Å². The molecule has 0 aliphatic rings.